The first-order valence-electron chi connectivity index (χ1n) is 11.3. The van der Waals surface area contributed by atoms with Crippen molar-refractivity contribution in [2.24, 2.45) is 0 Å². The minimum Gasteiger partial charge on any atom is -0.682 e. The molecule has 0 saturated heterocycles. The molecule has 1 aromatic heterocycles. The molecule has 1 aromatic carbocycles. The molecule has 0 aliphatic rings. The number of halogens is 2. The van der Waals surface area contributed by atoms with E-state index in [-0.39, 0.29) is 57.3 Å². The Morgan fingerprint density at radius 3 is 1.97 bits per heavy atom. The Kier molecular flexibility index (Phi) is 20.2. The Hall–Kier alpha value is 0.266. The molecular weight excluding hydrogens is 611 g/mol. The van der Waals surface area contributed by atoms with Crippen LogP contribution < -0.4 is 56.7 Å². The number of rotatable bonds is 19. The normalized spacial score (nSPS) is 10.8. The van der Waals surface area contributed by atoms with Gasteiger partial charge in [-0.2, -0.15) is 0 Å². The Bertz CT molecular complexity index is 866. The quantitative estimate of drug-likeness (QED) is 0.138. The van der Waals surface area contributed by atoms with Crippen LogP contribution in [0, 0.1) is 0 Å². The molecule has 1 amide bonds. The smallest absolute Gasteiger partial charge is 0.682 e. The number of nitrogens with zero attached hydrogens (tertiary/aromatic N) is 3. The van der Waals surface area contributed by atoms with Crippen molar-refractivity contribution in [2.45, 2.75) is 24.0 Å². The fourth-order valence-corrected chi connectivity index (χ4v) is 3.78. The number of carbonyl (C=O) groups is 1. The average Bonchev–Trinajstić information content (AvgIpc) is 2.85. The van der Waals surface area contributed by atoms with Gasteiger partial charge in [0.25, 0.3) is 0 Å². The number of aromatic nitrogens is 2. The fraction of sp³-hybridized carbons (Fsp3) is 0.609. The SMILES string of the molecule is CCNC(=O)CCOCCOCCOCCOCC[N-]c1ccc2nc(CBr)c(CBr)nc2c1.[K+]. The molecule has 0 fully saturated rings. The van der Waals surface area contributed by atoms with Crippen molar-refractivity contribution in [3.63, 3.8) is 0 Å². The van der Waals surface area contributed by atoms with Crippen LogP contribution in [0.5, 0.6) is 0 Å². The van der Waals surface area contributed by atoms with Crippen molar-refractivity contribution >= 4 is 54.5 Å². The Labute approximate surface area is 266 Å². The van der Waals surface area contributed by atoms with Crippen LogP contribution in [0.1, 0.15) is 24.7 Å². The van der Waals surface area contributed by atoms with Gasteiger partial charge in [0.05, 0.1) is 68.7 Å². The van der Waals surface area contributed by atoms with Crippen molar-refractivity contribution < 1.29 is 75.1 Å². The minimum atomic E-state index is 0. The zero-order valence-corrected chi connectivity index (χ0v) is 26.9. The molecule has 1 N–H and O–H groups in total. The summed E-state index contributed by atoms with van der Waals surface area (Å²) in [6.07, 6.45) is 0.373. The van der Waals surface area contributed by atoms with Crippen LogP contribution in [0.25, 0.3) is 16.4 Å². The Balaban J connectivity index is 0.00000612. The monoisotopic (exact) mass is 642 g/mol. The molecule has 0 aliphatic heterocycles. The van der Waals surface area contributed by atoms with Crippen LogP contribution in [-0.4, -0.2) is 81.8 Å². The maximum atomic E-state index is 11.2. The van der Waals surface area contributed by atoms with Crippen LogP contribution in [0.4, 0.5) is 5.69 Å². The fourth-order valence-electron chi connectivity index (χ4n) is 2.88. The number of hydrogen-bond acceptors (Lipinski definition) is 7. The summed E-state index contributed by atoms with van der Waals surface area (Å²) in [5.41, 5.74) is 4.42. The van der Waals surface area contributed by atoms with Gasteiger partial charge < -0.3 is 29.6 Å². The van der Waals surface area contributed by atoms with E-state index < -0.39 is 0 Å². The minimum absolute atomic E-state index is 0. The second-order valence-electron chi connectivity index (χ2n) is 7.09. The van der Waals surface area contributed by atoms with Gasteiger partial charge in [0, 0.05) is 30.2 Å². The molecule has 2 aromatic rings. The number of ether oxygens (including phenoxy) is 4. The Morgan fingerprint density at radius 1 is 0.857 bits per heavy atom. The van der Waals surface area contributed by atoms with E-state index in [1.807, 2.05) is 25.1 Å². The first-order chi connectivity index (χ1) is 16.7. The summed E-state index contributed by atoms with van der Waals surface area (Å²) in [6, 6.07) is 5.84. The van der Waals surface area contributed by atoms with Crippen molar-refractivity contribution in [1.82, 2.24) is 15.3 Å². The number of benzene rings is 1. The van der Waals surface area contributed by atoms with Gasteiger partial charge in [0.15, 0.2) is 0 Å². The number of fused-ring (bicyclic) bond motifs is 1. The van der Waals surface area contributed by atoms with E-state index in [4.69, 9.17) is 18.9 Å². The molecule has 0 bridgehead atoms. The van der Waals surface area contributed by atoms with E-state index in [1.165, 1.54) is 0 Å². The molecule has 9 nitrogen and oxygen atoms in total. The van der Waals surface area contributed by atoms with E-state index in [0.29, 0.717) is 83.0 Å². The number of alkyl halides is 2. The van der Waals surface area contributed by atoms with Gasteiger partial charge in [-0.25, -0.2) is 9.97 Å². The summed E-state index contributed by atoms with van der Waals surface area (Å²) < 4.78 is 21.8. The Morgan fingerprint density at radius 2 is 1.40 bits per heavy atom. The summed E-state index contributed by atoms with van der Waals surface area (Å²) in [7, 11) is 0. The molecule has 0 spiro atoms. The standard InChI is InChI=1S/C23H34Br2N4O5.K/c1-2-26-23(30)5-7-31-9-11-33-13-14-34-12-10-32-8-6-27-18-3-4-19-20(15-18)29-22(17-25)21(16-24)28-19;/h3-4,15H,2,5-14,16-17H2,1H3,(H2,26,27,29,30);/q;+1/p-1. The van der Waals surface area contributed by atoms with Crippen molar-refractivity contribution in [3.8, 4) is 0 Å². The molecule has 1 heterocycles. The van der Waals surface area contributed by atoms with E-state index in [2.05, 4.69) is 52.5 Å². The molecule has 0 atom stereocenters. The number of amides is 1. The summed E-state index contributed by atoms with van der Waals surface area (Å²) in [5.74, 6) is 0.00396. The molecule has 2 rings (SSSR count). The summed E-state index contributed by atoms with van der Waals surface area (Å²) in [6.45, 7) is 6.96. The first-order valence-corrected chi connectivity index (χ1v) is 13.6. The molecule has 0 unspecified atom stereocenters. The van der Waals surface area contributed by atoms with E-state index in [1.54, 1.807) is 0 Å². The van der Waals surface area contributed by atoms with Crippen LogP contribution in [0.3, 0.4) is 0 Å². The summed E-state index contributed by atoms with van der Waals surface area (Å²) in [4.78, 5) is 20.6. The molecule has 0 radical (unpaired) electrons. The first kappa shape index (κ1) is 33.3. The largest absolute Gasteiger partial charge is 1.00 e. The summed E-state index contributed by atoms with van der Waals surface area (Å²) in [5, 5.41) is 8.61. The van der Waals surface area contributed by atoms with Gasteiger partial charge in [-0.15, -0.1) is 12.2 Å². The van der Waals surface area contributed by atoms with Crippen LogP contribution in [0.15, 0.2) is 18.2 Å². The topological polar surface area (TPSA) is 106 Å². The second kappa shape index (κ2) is 21.2. The van der Waals surface area contributed by atoms with Gasteiger partial charge >= 0.3 is 51.4 Å². The molecule has 0 saturated carbocycles. The number of hydrogen-bond donors (Lipinski definition) is 1. The molecule has 12 heteroatoms. The van der Waals surface area contributed by atoms with Gasteiger partial charge in [-0.3, -0.25) is 4.79 Å². The van der Waals surface area contributed by atoms with Crippen LogP contribution in [-0.2, 0) is 34.4 Å². The second-order valence-corrected chi connectivity index (χ2v) is 8.21. The molecular formula is C23H33Br2KN4O5. The van der Waals surface area contributed by atoms with Crippen molar-refractivity contribution in [3.05, 3.63) is 34.9 Å². The maximum absolute atomic E-state index is 11.2. The van der Waals surface area contributed by atoms with Gasteiger partial charge in [-0.05, 0) is 19.1 Å². The predicted molar refractivity (Wildman–Crippen MR) is 139 cm³/mol. The van der Waals surface area contributed by atoms with Gasteiger partial charge in [0.1, 0.15) is 0 Å². The van der Waals surface area contributed by atoms with Crippen LogP contribution in [0.2, 0.25) is 0 Å². The third kappa shape index (κ3) is 14.1. The zero-order chi connectivity index (χ0) is 24.4. The average molecular weight is 644 g/mol. The van der Waals surface area contributed by atoms with Crippen molar-refractivity contribution in [1.29, 1.82) is 0 Å². The van der Waals surface area contributed by atoms with Gasteiger partial charge in [-0.1, -0.05) is 37.9 Å². The number of nitrogens with one attached hydrogen (secondary N) is 1. The molecule has 0 aliphatic carbocycles. The molecule has 190 valence electrons. The van der Waals surface area contributed by atoms with E-state index in [0.717, 1.165) is 28.1 Å². The third-order valence-electron chi connectivity index (χ3n) is 4.55. The zero-order valence-electron chi connectivity index (χ0n) is 20.6. The van der Waals surface area contributed by atoms with Crippen LogP contribution >= 0.6 is 31.9 Å². The van der Waals surface area contributed by atoms with Crippen molar-refractivity contribution in [2.75, 3.05) is 65.9 Å². The van der Waals surface area contributed by atoms with E-state index >= 15 is 0 Å². The molecule has 35 heavy (non-hydrogen) atoms. The third-order valence-corrected chi connectivity index (χ3v) is 5.61. The number of carbonyl (C=O) groups excluding carboxylic acids is 1. The van der Waals surface area contributed by atoms with E-state index in [9.17, 15) is 4.79 Å². The summed E-state index contributed by atoms with van der Waals surface area (Å²) >= 11 is 6.92. The maximum Gasteiger partial charge on any atom is 1.00 e. The predicted octanol–water partition coefficient (Wildman–Crippen LogP) is 1.02. The van der Waals surface area contributed by atoms with Gasteiger partial charge in [0.2, 0.25) is 5.91 Å².